The van der Waals surface area contributed by atoms with Gasteiger partial charge in [-0.05, 0) is 24.5 Å². The highest BCUT2D eigenvalue weighted by Gasteiger charge is 2.15. The summed E-state index contributed by atoms with van der Waals surface area (Å²) in [5.41, 5.74) is 1.23. The van der Waals surface area contributed by atoms with Crippen molar-refractivity contribution >= 4 is 11.8 Å². The molecule has 0 bridgehead atoms. The second-order valence-electron chi connectivity index (χ2n) is 5.12. The summed E-state index contributed by atoms with van der Waals surface area (Å²) in [6, 6.07) is 12.1. The normalized spacial score (nSPS) is 17.6. The highest BCUT2D eigenvalue weighted by molar-refractivity contribution is 5.40. The maximum atomic E-state index is 5.58. The van der Waals surface area contributed by atoms with E-state index in [1.807, 2.05) is 24.3 Å². The molecular formula is C16H20N4O. The summed E-state index contributed by atoms with van der Waals surface area (Å²) in [5, 5.41) is 6.54. The van der Waals surface area contributed by atoms with Gasteiger partial charge in [0.15, 0.2) is 0 Å². The van der Waals surface area contributed by atoms with Crippen molar-refractivity contribution in [3.8, 4) is 0 Å². The maximum absolute atomic E-state index is 5.58. The van der Waals surface area contributed by atoms with E-state index in [4.69, 9.17) is 4.74 Å². The van der Waals surface area contributed by atoms with Crippen molar-refractivity contribution in [3.63, 3.8) is 0 Å². The van der Waals surface area contributed by atoms with Crippen LogP contribution in [-0.4, -0.2) is 29.2 Å². The first-order valence-electron chi connectivity index (χ1n) is 7.36. The summed E-state index contributed by atoms with van der Waals surface area (Å²) in [7, 11) is 0. The van der Waals surface area contributed by atoms with Crippen LogP contribution in [0, 0.1) is 0 Å². The number of hydrogen-bond donors (Lipinski definition) is 2. The molecule has 0 aliphatic carbocycles. The zero-order chi connectivity index (χ0) is 14.3. The van der Waals surface area contributed by atoms with E-state index in [2.05, 4.69) is 32.7 Å². The van der Waals surface area contributed by atoms with E-state index in [-0.39, 0.29) is 6.10 Å². The Morgan fingerprint density at radius 2 is 2.05 bits per heavy atom. The fourth-order valence-corrected chi connectivity index (χ4v) is 2.34. The molecule has 2 heterocycles. The van der Waals surface area contributed by atoms with Crippen molar-refractivity contribution in [1.82, 2.24) is 9.97 Å². The van der Waals surface area contributed by atoms with E-state index in [0.717, 1.165) is 38.4 Å². The molecule has 0 spiro atoms. The largest absolute Gasteiger partial charge is 0.376 e. The first-order valence-corrected chi connectivity index (χ1v) is 7.36. The fourth-order valence-electron chi connectivity index (χ4n) is 2.34. The second-order valence-corrected chi connectivity index (χ2v) is 5.12. The van der Waals surface area contributed by atoms with Crippen LogP contribution in [0.3, 0.4) is 0 Å². The molecule has 0 saturated carbocycles. The molecule has 1 atom stereocenters. The quantitative estimate of drug-likeness (QED) is 0.854. The Morgan fingerprint density at radius 1 is 1.14 bits per heavy atom. The molecule has 1 aromatic heterocycles. The van der Waals surface area contributed by atoms with Crippen molar-refractivity contribution in [3.05, 3.63) is 48.2 Å². The van der Waals surface area contributed by atoms with Crippen molar-refractivity contribution in [1.29, 1.82) is 0 Å². The van der Waals surface area contributed by atoms with Crippen LogP contribution in [0.1, 0.15) is 18.4 Å². The predicted molar refractivity (Wildman–Crippen MR) is 83.3 cm³/mol. The number of nitrogens with zero attached hydrogens (tertiary/aromatic N) is 2. The van der Waals surface area contributed by atoms with Crippen LogP contribution in [0.2, 0.25) is 0 Å². The van der Waals surface area contributed by atoms with Crippen LogP contribution in [0.5, 0.6) is 0 Å². The molecule has 0 radical (unpaired) electrons. The van der Waals surface area contributed by atoms with Gasteiger partial charge in [0.25, 0.3) is 0 Å². The lowest BCUT2D eigenvalue weighted by Gasteiger charge is -2.11. The molecule has 3 rings (SSSR count). The molecule has 1 aliphatic rings. The Morgan fingerprint density at radius 3 is 2.86 bits per heavy atom. The van der Waals surface area contributed by atoms with Gasteiger partial charge in [-0.25, -0.2) is 4.98 Å². The number of benzene rings is 1. The number of nitrogens with one attached hydrogen (secondary N) is 2. The van der Waals surface area contributed by atoms with Gasteiger partial charge in [-0.2, -0.15) is 4.98 Å². The Kier molecular flexibility index (Phi) is 4.63. The molecule has 1 aliphatic heterocycles. The molecule has 110 valence electrons. The smallest absolute Gasteiger partial charge is 0.224 e. The number of rotatable bonds is 6. The zero-order valence-electron chi connectivity index (χ0n) is 12.0. The van der Waals surface area contributed by atoms with Crippen LogP contribution >= 0.6 is 0 Å². The van der Waals surface area contributed by atoms with Crippen LogP contribution in [0.25, 0.3) is 0 Å². The summed E-state index contributed by atoms with van der Waals surface area (Å²) in [6.45, 7) is 2.39. The van der Waals surface area contributed by atoms with E-state index >= 15 is 0 Å². The monoisotopic (exact) mass is 284 g/mol. The first-order chi connectivity index (χ1) is 10.4. The summed E-state index contributed by atoms with van der Waals surface area (Å²) in [4.78, 5) is 8.70. The summed E-state index contributed by atoms with van der Waals surface area (Å²) < 4.78 is 5.58. The van der Waals surface area contributed by atoms with Crippen LogP contribution in [0.15, 0.2) is 42.6 Å². The van der Waals surface area contributed by atoms with Gasteiger partial charge in [0.2, 0.25) is 5.95 Å². The van der Waals surface area contributed by atoms with Crippen molar-refractivity contribution in [2.75, 3.05) is 23.8 Å². The van der Waals surface area contributed by atoms with Gasteiger partial charge < -0.3 is 15.4 Å². The molecule has 2 aromatic rings. The minimum atomic E-state index is 0.287. The molecule has 1 saturated heterocycles. The van der Waals surface area contributed by atoms with Crippen LogP contribution in [0.4, 0.5) is 11.8 Å². The Labute approximate surface area is 124 Å². The molecule has 1 aromatic carbocycles. The number of aromatic nitrogens is 2. The molecule has 2 N–H and O–H groups in total. The molecule has 5 heteroatoms. The first kappa shape index (κ1) is 13.8. The Balaban J connectivity index is 1.52. The van der Waals surface area contributed by atoms with Gasteiger partial charge in [-0.3, -0.25) is 0 Å². The van der Waals surface area contributed by atoms with Gasteiger partial charge in [0.1, 0.15) is 5.82 Å². The lowest BCUT2D eigenvalue weighted by Crippen LogP contribution is -2.19. The number of hydrogen-bond acceptors (Lipinski definition) is 5. The topological polar surface area (TPSA) is 59.1 Å². The van der Waals surface area contributed by atoms with E-state index in [0.29, 0.717) is 5.95 Å². The standard InChI is InChI=1S/C16H20N4O/c1-2-5-13(6-3-1)11-18-15-8-9-17-16(20-15)19-12-14-7-4-10-21-14/h1-3,5-6,8-9,14H,4,7,10-12H2,(H2,17,18,19,20). The van der Waals surface area contributed by atoms with Gasteiger partial charge in [0.05, 0.1) is 6.10 Å². The molecule has 0 amide bonds. The van der Waals surface area contributed by atoms with E-state index in [9.17, 15) is 0 Å². The third kappa shape index (κ3) is 4.16. The highest BCUT2D eigenvalue weighted by Crippen LogP contribution is 2.13. The van der Waals surface area contributed by atoms with Gasteiger partial charge in [-0.1, -0.05) is 30.3 Å². The van der Waals surface area contributed by atoms with Crippen molar-refractivity contribution < 1.29 is 4.74 Å². The van der Waals surface area contributed by atoms with Gasteiger partial charge in [0, 0.05) is 25.9 Å². The molecule has 21 heavy (non-hydrogen) atoms. The predicted octanol–water partition coefficient (Wildman–Crippen LogP) is 2.68. The maximum Gasteiger partial charge on any atom is 0.224 e. The van der Waals surface area contributed by atoms with Gasteiger partial charge in [-0.15, -0.1) is 0 Å². The fraction of sp³-hybridized carbons (Fsp3) is 0.375. The third-order valence-electron chi connectivity index (χ3n) is 3.48. The molecule has 1 unspecified atom stereocenters. The van der Waals surface area contributed by atoms with E-state index in [1.165, 1.54) is 5.56 Å². The number of ether oxygens (including phenoxy) is 1. The van der Waals surface area contributed by atoms with Gasteiger partial charge >= 0.3 is 0 Å². The third-order valence-corrected chi connectivity index (χ3v) is 3.48. The average Bonchev–Trinajstić information content (AvgIpc) is 3.06. The molecule has 1 fully saturated rings. The van der Waals surface area contributed by atoms with Crippen LogP contribution < -0.4 is 10.6 Å². The lowest BCUT2D eigenvalue weighted by atomic mass is 10.2. The molecular weight excluding hydrogens is 264 g/mol. The number of anilines is 2. The van der Waals surface area contributed by atoms with E-state index in [1.54, 1.807) is 6.20 Å². The second kappa shape index (κ2) is 7.04. The SMILES string of the molecule is c1ccc(CNc2ccnc(NCC3CCCO3)n2)cc1. The van der Waals surface area contributed by atoms with Crippen LogP contribution in [-0.2, 0) is 11.3 Å². The van der Waals surface area contributed by atoms with Crippen molar-refractivity contribution in [2.45, 2.75) is 25.5 Å². The zero-order valence-corrected chi connectivity index (χ0v) is 12.0. The average molecular weight is 284 g/mol. The summed E-state index contributed by atoms with van der Waals surface area (Å²) in [6.07, 6.45) is 4.30. The Bertz CT molecular complexity index is 555. The molecule has 5 nitrogen and oxygen atoms in total. The lowest BCUT2D eigenvalue weighted by molar-refractivity contribution is 0.120. The minimum Gasteiger partial charge on any atom is -0.376 e. The Hall–Kier alpha value is -2.14. The van der Waals surface area contributed by atoms with E-state index < -0.39 is 0 Å². The highest BCUT2D eigenvalue weighted by atomic mass is 16.5. The minimum absolute atomic E-state index is 0.287. The summed E-state index contributed by atoms with van der Waals surface area (Å²) >= 11 is 0. The van der Waals surface area contributed by atoms with Crippen molar-refractivity contribution in [2.24, 2.45) is 0 Å². The summed E-state index contributed by atoms with van der Waals surface area (Å²) in [5.74, 6) is 1.47.